The molecule has 1 amide bonds. The summed E-state index contributed by atoms with van der Waals surface area (Å²) in [5.74, 6) is 0.108. The Morgan fingerprint density at radius 3 is 2.72 bits per heavy atom. The van der Waals surface area contributed by atoms with E-state index < -0.39 is 0 Å². The number of halogens is 1. The summed E-state index contributed by atoms with van der Waals surface area (Å²) in [6.45, 7) is 0.770. The van der Waals surface area contributed by atoms with Gasteiger partial charge < -0.3 is 5.32 Å². The molecule has 94 valence electrons. The highest BCUT2D eigenvalue weighted by Crippen LogP contribution is 2.18. The Balaban J connectivity index is 2.09. The summed E-state index contributed by atoms with van der Waals surface area (Å²) >= 11 is 2.32. The molecule has 0 aliphatic carbocycles. The van der Waals surface area contributed by atoms with Crippen molar-refractivity contribution in [2.45, 2.75) is 12.8 Å². The lowest BCUT2D eigenvalue weighted by Crippen LogP contribution is -2.26. The first kappa shape index (κ1) is 13.3. The number of hydrogen-bond donors (Lipinski definition) is 1. The summed E-state index contributed by atoms with van der Waals surface area (Å²) in [5.41, 5.74) is 1.10. The van der Waals surface area contributed by atoms with Gasteiger partial charge in [0.25, 0.3) is 0 Å². The van der Waals surface area contributed by atoms with E-state index >= 15 is 0 Å². The van der Waals surface area contributed by atoms with Crippen LogP contribution in [0.15, 0.2) is 42.5 Å². The molecule has 3 heteroatoms. The van der Waals surface area contributed by atoms with Crippen molar-refractivity contribution < 1.29 is 4.79 Å². The van der Waals surface area contributed by atoms with E-state index in [-0.39, 0.29) is 5.91 Å². The van der Waals surface area contributed by atoms with E-state index in [4.69, 9.17) is 0 Å². The fourth-order valence-electron chi connectivity index (χ4n) is 1.98. The van der Waals surface area contributed by atoms with Gasteiger partial charge in [-0.2, -0.15) is 0 Å². The van der Waals surface area contributed by atoms with E-state index in [1.807, 2.05) is 24.3 Å². The Labute approximate surface area is 121 Å². The molecule has 0 aromatic heterocycles. The highest BCUT2D eigenvalue weighted by molar-refractivity contribution is 14.1. The summed E-state index contributed by atoms with van der Waals surface area (Å²) in [7, 11) is 0. The van der Waals surface area contributed by atoms with Crippen LogP contribution in [-0.4, -0.2) is 16.9 Å². The van der Waals surface area contributed by atoms with Crippen LogP contribution in [0, 0.1) is 0 Å². The van der Waals surface area contributed by atoms with Gasteiger partial charge in [0.05, 0.1) is 6.42 Å². The number of amides is 1. The monoisotopic (exact) mass is 353 g/mol. The first-order valence-electron chi connectivity index (χ1n) is 6.10. The van der Waals surface area contributed by atoms with E-state index in [1.165, 1.54) is 10.8 Å². The first-order chi connectivity index (χ1) is 8.81. The molecule has 18 heavy (non-hydrogen) atoms. The number of alkyl halides is 1. The molecule has 0 aliphatic rings. The number of nitrogens with one attached hydrogen (secondary N) is 1. The molecule has 0 saturated carbocycles. The highest BCUT2D eigenvalue weighted by Gasteiger charge is 2.05. The molecule has 0 radical (unpaired) electrons. The van der Waals surface area contributed by atoms with Crippen LogP contribution < -0.4 is 5.32 Å². The maximum Gasteiger partial charge on any atom is 0.224 e. The van der Waals surface area contributed by atoms with Gasteiger partial charge in [-0.25, -0.2) is 0 Å². The van der Waals surface area contributed by atoms with Gasteiger partial charge in [-0.15, -0.1) is 0 Å². The summed E-state index contributed by atoms with van der Waals surface area (Å²) in [5, 5.41) is 5.31. The van der Waals surface area contributed by atoms with Crippen molar-refractivity contribution in [3.05, 3.63) is 48.0 Å². The zero-order valence-corrected chi connectivity index (χ0v) is 12.3. The quantitative estimate of drug-likeness (QED) is 0.499. The molecule has 0 aliphatic heterocycles. The fraction of sp³-hybridized carbons (Fsp3) is 0.267. The Morgan fingerprint density at radius 1 is 1.11 bits per heavy atom. The minimum atomic E-state index is 0.108. The summed E-state index contributed by atoms with van der Waals surface area (Å²) < 4.78 is 1.08. The van der Waals surface area contributed by atoms with Gasteiger partial charge >= 0.3 is 0 Å². The molecule has 2 nitrogen and oxygen atoms in total. The molecule has 0 spiro atoms. The van der Waals surface area contributed by atoms with Crippen molar-refractivity contribution >= 4 is 39.3 Å². The topological polar surface area (TPSA) is 29.1 Å². The number of carbonyl (C=O) groups excluding carboxylic acids is 1. The van der Waals surface area contributed by atoms with E-state index in [9.17, 15) is 4.79 Å². The third kappa shape index (κ3) is 3.45. The zero-order chi connectivity index (χ0) is 12.8. The molecule has 1 N–H and O–H groups in total. The molecule has 0 fully saturated rings. The van der Waals surface area contributed by atoms with Crippen molar-refractivity contribution in [3.63, 3.8) is 0 Å². The average Bonchev–Trinajstić information content (AvgIpc) is 2.39. The summed E-state index contributed by atoms with van der Waals surface area (Å²) in [4.78, 5) is 11.8. The number of rotatable bonds is 5. The third-order valence-electron chi connectivity index (χ3n) is 2.86. The lowest BCUT2D eigenvalue weighted by Gasteiger charge is -2.07. The van der Waals surface area contributed by atoms with Gasteiger partial charge in [-0.3, -0.25) is 4.79 Å². The minimum Gasteiger partial charge on any atom is -0.356 e. The van der Waals surface area contributed by atoms with Crippen LogP contribution >= 0.6 is 22.6 Å². The molecule has 2 aromatic rings. The van der Waals surface area contributed by atoms with Gasteiger partial charge in [0.2, 0.25) is 5.91 Å². The second-order valence-electron chi connectivity index (χ2n) is 4.21. The van der Waals surface area contributed by atoms with Crippen molar-refractivity contribution in [3.8, 4) is 0 Å². The third-order valence-corrected chi connectivity index (χ3v) is 3.63. The maximum absolute atomic E-state index is 11.8. The van der Waals surface area contributed by atoms with Crippen molar-refractivity contribution in [1.82, 2.24) is 5.32 Å². The molecular weight excluding hydrogens is 337 g/mol. The minimum absolute atomic E-state index is 0.108. The maximum atomic E-state index is 11.8. The summed E-state index contributed by atoms with van der Waals surface area (Å²) in [6, 6.07) is 14.3. The van der Waals surface area contributed by atoms with Crippen LogP contribution in [0.1, 0.15) is 12.0 Å². The fourth-order valence-corrected chi connectivity index (χ4v) is 2.36. The first-order valence-corrected chi connectivity index (χ1v) is 7.63. The van der Waals surface area contributed by atoms with Crippen LogP contribution in [0.3, 0.4) is 0 Å². The van der Waals surface area contributed by atoms with Crippen LogP contribution in [0.2, 0.25) is 0 Å². The zero-order valence-electron chi connectivity index (χ0n) is 10.2. The molecule has 2 aromatic carbocycles. The lowest BCUT2D eigenvalue weighted by atomic mass is 10.0. The van der Waals surface area contributed by atoms with Crippen molar-refractivity contribution in [2.24, 2.45) is 0 Å². The Kier molecular flexibility index (Phi) is 4.99. The van der Waals surface area contributed by atoms with E-state index in [1.54, 1.807) is 0 Å². The van der Waals surface area contributed by atoms with Crippen LogP contribution in [0.5, 0.6) is 0 Å². The van der Waals surface area contributed by atoms with Crippen LogP contribution in [0.25, 0.3) is 10.8 Å². The number of carbonyl (C=O) groups is 1. The smallest absolute Gasteiger partial charge is 0.224 e. The van der Waals surface area contributed by atoms with E-state index in [0.717, 1.165) is 23.0 Å². The molecule has 0 unspecified atom stereocenters. The average molecular weight is 353 g/mol. The lowest BCUT2D eigenvalue weighted by molar-refractivity contribution is -0.120. The standard InChI is InChI=1S/C15H16INO/c16-9-4-10-17-15(18)11-13-7-3-6-12-5-1-2-8-14(12)13/h1-3,5-8H,4,9-11H2,(H,17,18). The second kappa shape index (κ2) is 6.73. The van der Waals surface area contributed by atoms with Gasteiger partial charge in [0.1, 0.15) is 0 Å². The molecule has 0 heterocycles. The van der Waals surface area contributed by atoms with E-state index in [0.29, 0.717) is 6.42 Å². The number of fused-ring (bicyclic) bond motifs is 1. The Morgan fingerprint density at radius 2 is 1.89 bits per heavy atom. The van der Waals surface area contributed by atoms with Crippen LogP contribution in [0.4, 0.5) is 0 Å². The molecule has 0 bridgehead atoms. The predicted molar refractivity (Wildman–Crippen MR) is 84.2 cm³/mol. The molecule has 0 saturated heterocycles. The molecule has 2 rings (SSSR count). The normalized spacial score (nSPS) is 10.5. The van der Waals surface area contributed by atoms with Gasteiger partial charge in [-0.05, 0) is 22.8 Å². The SMILES string of the molecule is O=C(Cc1cccc2ccccc12)NCCCI. The number of benzene rings is 2. The Bertz CT molecular complexity index is 534. The second-order valence-corrected chi connectivity index (χ2v) is 5.29. The highest BCUT2D eigenvalue weighted by atomic mass is 127. The van der Waals surface area contributed by atoms with Crippen molar-refractivity contribution in [1.29, 1.82) is 0 Å². The molecule has 0 atom stereocenters. The predicted octanol–water partition coefficient (Wildman–Crippen LogP) is 3.32. The van der Waals surface area contributed by atoms with Gasteiger partial charge in [-0.1, -0.05) is 65.1 Å². The Hall–Kier alpha value is -1.10. The van der Waals surface area contributed by atoms with Crippen molar-refractivity contribution in [2.75, 3.05) is 11.0 Å². The van der Waals surface area contributed by atoms with Gasteiger partial charge in [0.15, 0.2) is 0 Å². The largest absolute Gasteiger partial charge is 0.356 e. The number of hydrogen-bond acceptors (Lipinski definition) is 1. The van der Waals surface area contributed by atoms with Gasteiger partial charge in [0, 0.05) is 11.0 Å². The summed E-state index contributed by atoms with van der Waals surface area (Å²) in [6.07, 6.45) is 1.49. The van der Waals surface area contributed by atoms with E-state index in [2.05, 4.69) is 46.1 Å². The van der Waals surface area contributed by atoms with Crippen LogP contribution in [-0.2, 0) is 11.2 Å². The molecular formula is C15H16INO.